The minimum absolute atomic E-state index is 0.679. The summed E-state index contributed by atoms with van der Waals surface area (Å²) in [5.74, 6) is 0.800. The Bertz CT molecular complexity index is 520. The van der Waals surface area contributed by atoms with Crippen LogP contribution >= 0.6 is 0 Å². The molecule has 4 nitrogen and oxygen atoms in total. The minimum atomic E-state index is 0.679. The zero-order valence-corrected chi connectivity index (χ0v) is 10.9. The molecular weight excluding hydrogens is 226 g/mol. The molecule has 0 unspecified atom stereocenters. The van der Waals surface area contributed by atoms with Crippen molar-refractivity contribution in [2.75, 3.05) is 13.7 Å². The summed E-state index contributed by atoms with van der Waals surface area (Å²) in [6, 6.07) is 8.19. The number of benzene rings is 1. The monoisotopic (exact) mass is 245 g/mol. The van der Waals surface area contributed by atoms with Gasteiger partial charge in [-0.05, 0) is 44.0 Å². The molecule has 0 saturated heterocycles. The van der Waals surface area contributed by atoms with Crippen molar-refractivity contribution >= 4 is 0 Å². The quantitative estimate of drug-likeness (QED) is 0.877. The lowest BCUT2D eigenvalue weighted by molar-refractivity contribution is 0.379. The zero-order valence-electron chi connectivity index (χ0n) is 10.9. The standard InChI is InChI=1S/C14H19N3O/c1-11-5-3-7-13(9-11)17-14(18-2)12(10-16-17)6-4-8-15/h3,5,7,9-10H,4,6,8,15H2,1-2H3. The average molecular weight is 245 g/mol. The number of methoxy groups -OCH3 is 1. The largest absolute Gasteiger partial charge is 0.481 e. The van der Waals surface area contributed by atoms with E-state index in [1.54, 1.807) is 7.11 Å². The van der Waals surface area contributed by atoms with Gasteiger partial charge in [-0.15, -0.1) is 0 Å². The van der Waals surface area contributed by atoms with Crippen LogP contribution in [0.3, 0.4) is 0 Å². The van der Waals surface area contributed by atoms with Crippen molar-refractivity contribution < 1.29 is 4.74 Å². The molecule has 0 spiro atoms. The molecule has 0 aliphatic heterocycles. The lowest BCUT2D eigenvalue weighted by Gasteiger charge is -2.08. The van der Waals surface area contributed by atoms with Gasteiger partial charge in [-0.3, -0.25) is 0 Å². The second-order valence-electron chi connectivity index (χ2n) is 4.32. The number of nitrogens with two attached hydrogens (primary N) is 1. The Hall–Kier alpha value is -1.81. The predicted octanol–water partition coefficient (Wildman–Crippen LogP) is 2.08. The van der Waals surface area contributed by atoms with E-state index in [2.05, 4.69) is 24.2 Å². The lowest BCUT2D eigenvalue weighted by Crippen LogP contribution is -2.03. The fraction of sp³-hybridized carbons (Fsp3) is 0.357. The van der Waals surface area contributed by atoms with Crippen LogP contribution in [0.25, 0.3) is 5.69 Å². The number of nitrogens with zero attached hydrogens (tertiary/aromatic N) is 2. The number of aryl methyl sites for hydroxylation is 2. The van der Waals surface area contributed by atoms with Crippen LogP contribution in [0.5, 0.6) is 5.88 Å². The highest BCUT2D eigenvalue weighted by Crippen LogP contribution is 2.23. The highest BCUT2D eigenvalue weighted by molar-refractivity contribution is 5.40. The van der Waals surface area contributed by atoms with E-state index < -0.39 is 0 Å². The van der Waals surface area contributed by atoms with E-state index in [0.717, 1.165) is 30.0 Å². The van der Waals surface area contributed by atoms with E-state index in [1.165, 1.54) is 5.56 Å². The number of hydrogen-bond acceptors (Lipinski definition) is 3. The van der Waals surface area contributed by atoms with Gasteiger partial charge in [0.05, 0.1) is 19.0 Å². The van der Waals surface area contributed by atoms with E-state index in [-0.39, 0.29) is 0 Å². The van der Waals surface area contributed by atoms with Crippen molar-refractivity contribution in [2.45, 2.75) is 19.8 Å². The third-order valence-corrected chi connectivity index (χ3v) is 2.89. The third kappa shape index (κ3) is 2.54. The maximum Gasteiger partial charge on any atom is 0.219 e. The van der Waals surface area contributed by atoms with Gasteiger partial charge >= 0.3 is 0 Å². The summed E-state index contributed by atoms with van der Waals surface area (Å²) >= 11 is 0. The number of aromatic nitrogens is 2. The number of hydrogen-bond donors (Lipinski definition) is 1. The smallest absolute Gasteiger partial charge is 0.219 e. The molecule has 0 aliphatic rings. The first kappa shape index (κ1) is 12.6. The fourth-order valence-electron chi connectivity index (χ4n) is 2.00. The van der Waals surface area contributed by atoms with E-state index >= 15 is 0 Å². The molecular formula is C14H19N3O. The van der Waals surface area contributed by atoms with Crippen LogP contribution < -0.4 is 10.5 Å². The maximum atomic E-state index is 5.54. The molecule has 1 heterocycles. The van der Waals surface area contributed by atoms with E-state index in [4.69, 9.17) is 10.5 Å². The summed E-state index contributed by atoms with van der Waals surface area (Å²) < 4.78 is 7.30. The van der Waals surface area contributed by atoms with Gasteiger partial charge in [-0.2, -0.15) is 5.10 Å². The molecule has 0 bridgehead atoms. The molecule has 0 fully saturated rings. The van der Waals surface area contributed by atoms with Crippen molar-refractivity contribution in [3.05, 3.63) is 41.6 Å². The van der Waals surface area contributed by atoms with Gasteiger partial charge in [-0.25, -0.2) is 4.68 Å². The molecule has 1 aromatic carbocycles. The first-order valence-electron chi connectivity index (χ1n) is 6.14. The summed E-state index contributed by atoms with van der Waals surface area (Å²) in [6.07, 6.45) is 3.69. The molecule has 0 aliphatic carbocycles. The fourth-order valence-corrected chi connectivity index (χ4v) is 2.00. The van der Waals surface area contributed by atoms with Gasteiger partial charge in [0, 0.05) is 5.56 Å². The topological polar surface area (TPSA) is 53.1 Å². The second kappa shape index (κ2) is 5.69. The van der Waals surface area contributed by atoms with Crippen LogP contribution in [0.15, 0.2) is 30.5 Å². The highest BCUT2D eigenvalue weighted by atomic mass is 16.5. The maximum absolute atomic E-state index is 5.54. The Morgan fingerprint density at radius 3 is 2.89 bits per heavy atom. The van der Waals surface area contributed by atoms with Crippen LogP contribution in [-0.2, 0) is 6.42 Å². The molecule has 4 heteroatoms. The lowest BCUT2D eigenvalue weighted by atomic mass is 10.2. The Labute approximate surface area is 107 Å². The van der Waals surface area contributed by atoms with Gasteiger partial charge in [0.25, 0.3) is 0 Å². The molecule has 18 heavy (non-hydrogen) atoms. The zero-order chi connectivity index (χ0) is 13.0. The van der Waals surface area contributed by atoms with Gasteiger partial charge in [0.1, 0.15) is 0 Å². The predicted molar refractivity (Wildman–Crippen MR) is 72.2 cm³/mol. The Morgan fingerprint density at radius 1 is 1.39 bits per heavy atom. The summed E-state index contributed by atoms with van der Waals surface area (Å²) in [7, 11) is 1.68. The van der Waals surface area contributed by atoms with Gasteiger partial charge in [0.2, 0.25) is 5.88 Å². The Morgan fingerprint density at radius 2 is 2.22 bits per heavy atom. The van der Waals surface area contributed by atoms with Crippen molar-refractivity contribution in [3.63, 3.8) is 0 Å². The summed E-state index contributed by atoms with van der Waals surface area (Å²) in [4.78, 5) is 0. The molecule has 2 N–H and O–H groups in total. The average Bonchev–Trinajstić information content (AvgIpc) is 2.79. The van der Waals surface area contributed by atoms with Gasteiger partial charge in [0.15, 0.2) is 0 Å². The van der Waals surface area contributed by atoms with E-state index in [9.17, 15) is 0 Å². The van der Waals surface area contributed by atoms with Gasteiger partial charge < -0.3 is 10.5 Å². The van der Waals surface area contributed by atoms with Crippen LogP contribution in [0.1, 0.15) is 17.5 Å². The van der Waals surface area contributed by atoms with Crippen molar-refractivity contribution in [1.29, 1.82) is 0 Å². The van der Waals surface area contributed by atoms with Gasteiger partial charge in [-0.1, -0.05) is 12.1 Å². The van der Waals surface area contributed by atoms with Crippen LogP contribution in [0, 0.1) is 6.92 Å². The first-order chi connectivity index (χ1) is 8.76. The summed E-state index contributed by atoms with van der Waals surface area (Å²) in [5, 5.41) is 4.40. The SMILES string of the molecule is COc1c(CCCN)cnn1-c1cccc(C)c1. The molecule has 2 rings (SSSR count). The molecule has 0 amide bonds. The molecule has 0 saturated carbocycles. The minimum Gasteiger partial charge on any atom is -0.481 e. The number of rotatable bonds is 5. The molecule has 1 aromatic heterocycles. The number of ether oxygens (including phenoxy) is 1. The Kier molecular flexibility index (Phi) is 3.99. The van der Waals surface area contributed by atoms with Crippen LogP contribution in [0.2, 0.25) is 0 Å². The molecule has 2 aromatic rings. The second-order valence-corrected chi connectivity index (χ2v) is 4.32. The van der Waals surface area contributed by atoms with Crippen LogP contribution in [0.4, 0.5) is 0 Å². The van der Waals surface area contributed by atoms with Crippen molar-refractivity contribution in [2.24, 2.45) is 5.73 Å². The Balaban J connectivity index is 2.36. The highest BCUT2D eigenvalue weighted by Gasteiger charge is 2.12. The molecule has 0 radical (unpaired) electrons. The third-order valence-electron chi connectivity index (χ3n) is 2.89. The summed E-state index contributed by atoms with van der Waals surface area (Å²) in [5.41, 5.74) is 8.86. The molecule has 96 valence electrons. The normalized spacial score (nSPS) is 10.6. The van der Waals surface area contributed by atoms with Crippen LogP contribution in [-0.4, -0.2) is 23.4 Å². The van der Waals surface area contributed by atoms with E-state index in [0.29, 0.717) is 6.54 Å². The first-order valence-corrected chi connectivity index (χ1v) is 6.14. The van der Waals surface area contributed by atoms with Crippen molar-refractivity contribution in [3.8, 4) is 11.6 Å². The molecule has 0 atom stereocenters. The summed E-state index contributed by atoms with van der Waals surface area (Å²) in [6.45, 7) is 2.74. The van der Waals surface area contributed by atoms with Crippen molar-refractivity contribution in [1.82, 2.24) is 9.78 Å². The van der Waals surface area contributed by atoms with E-state index in [1.807, 2.05) is 23.0 Å².